The van der Waals surface area contributed by atoms with Gasteiger partial charge < -0.3 is 10.6 Å². The lowest BCUT2D eigenvalue weighted by Gasteiger charge is -2.10. The van der Waals surface area contributed by atoms with Gasteiger partial charge in [0, 0.05) is 30.3 Å². The standard InChI is InChI=1S/C13H13BrN4OS/c1-17(2)13(19)9-6-7-18(16-9)10-5-3-4-8(14)11(10)12(15)20/h3-7H,1-2H3,(H2,15,20). The molecule has 0 spiro atoms. The molecule has 0 atom stereocenters. The van der Waals surface area contributed by atoms with Crippen LogP contribution in [0.3, 0.4) is 0 Å². The lowest BCUT2D eigenvalue weighted by molar-refractivity contribution is 0.0821. The summed E-state index contributed by atoms with van der Waals surface area (Å²) in [4.78, 5) is 13.6. The normalized spacial score (nSPS) is 10.3. The van der Waals surface area contributed by atoms with Gasteiger partial charge in [0.15, 0.2) is 5.69 Å². The third kappa shape index (κ3) is 2.73. The Kier molecular flexibility index (Phi) is 4.20. The maximum absolute atomic E-state index is 11.9. The average molecular weight is 353 g/mol. The maximum Gasteiger partial charge on any atom is 0.273 e. The molecule has 0 saturated heterocycles. The van der Waals surface area contributed by atoms with Crippen molar-refractivity contribution >= 4 is 39.0 Å². The minimum atomic E-state index is -0.157. The molecule has 0 saturated carbocycles. The fourth-order valence-electron chi connectivity index (χ4n) is 1.75. The maximum atomic E-state index is 11.9. The van der Waals surface area contributed by atoms with E-state index in [1.165, 1.54) is 4.90 Å². The predicted octanol–water partition coefficient (Wildman–Crippen LogP) is 1.97. The number of benzene rings is 1. The molecule has 0 aliphatic carbocycles. The van der Waals surface area contributed by atoms with E-state index in [0.717, 1.165) is 10.2 Å². The molecular formula is C13H13BrN4OS. The summed E-state index contributed by atoms with van der Waals surface area (Å²) < 4.78 is 2.38. The number of aromatic nitrogens is 2. The first-order valence-electron chi connectivity index (χ1n) is 5.78. The van der Waals surface area contributed by atoms with Crippen molar-refractivity contribution in [1.82, 2.24) is 14.7 Å². The highest BCUT2D eigenvalue weighted by molar-refractivity contribution is 9.10. The number of hydrogen-bond acceptors (Lipinski definition) is 3. The topological polar surface area (TPSA) is 64.2 Å². The zero-order valence-corrected chi connectivity index (χ0v) is 13.4. The number of nitrogens with two attached hydrogens (primary N) is 1. The first kappa shape index (κ1) is 14.7. The van der Waals surface area contributed by atoms with Crippen molar-refractivity contribution in [3.8, 4) is 5.69 Å². The fourth-order valence-corrected chi connectivity index (χ4v) is 2.66. The van der Waals surface area contributed by atoms with Gasteiger partial charge >= 0.3 is 0 Å². The van der Waals surface area contributed by atoms with Crippen LogP contribution in [0.15, 0.2) is 34.9 Å². The first-order valence-corrected chi connectivity index (χ1v) is 6.98. The molecule has 2 aromatic rings. The second-order valence-corrected chi connectivity index (χ2v) is 5.64. The van der Waals surface area contributed by atoms with Crippen LogP contribution in [0.4, 0.5) is 0 Å². The van der Waals surface area contributed by atoms with E-state index in [1.54, 1.807) is 31.0 Å². The monoisotopic (exact) mass is 352 g/mol. The van der Waals surface area contributed by atoms with Gasteiger partial charge in [0.1, 0.15) is 4.99 Å². The third-order valence-electron chi connectivity index (χ3n) is 2.70. The molecule has 0 aliphatic rings. The number of carbonyl (C=O) groups is 1. The molecule has 2 rings (SSSR count). The van der Waals surface area contributed by atoms with E-state index < -0.39 is 0 Å². The van der Waals surface area contributed by atoms with Gasteiger partial charge in [0.05, 0.1) is 5.69 Å². The first-order chi connectivity index (χ1) is 9.41. The van der Waals surface area contributed by atoms with Gasteiger partial charge in [-0.25, -0.2) is 4.68 Å². The van der Waals surface area contributed by atoms with Gasteiger partial charge in [-0.2, -0.15) is 5.10 Å². The Morgan fingerprint density at radius 1 is 1.40 bits per heavy atom. The molecule has 0 bridgehead atoms. The quantitative estimate of drug-likeness (QED) is 0.857. The molecule has 7 heteroatoms. The molecule has 1 amide bonds. The molecular weight excluding hydrogens is 340 g/mol. The van der Waals surface area contributed by atoms with Crippen molar-refractivity contribution in [2.45, 2.75) is 0 Å². The lowest BCUT2D eigenvalue weighted by atomic mass is 10.2. The van der Waals surface area contributed by atoms with E-state index in [9.17, 15) is 4.79 Å². The molecule has 0 aliphatic heterocycles. The highest BCUT2D eigenvalue weighted by Crippen LogP contribution is 2.23. The van der Waals surface area contributed by atoms with Crippen LogP contribution in [-0.2, 0) is 0 Å². The number of hydrogen-bond donors (Lipinski definition) is 1. The smallest absolute Gasteiger partial charge is 0.273 e. The second-order valence-electron chi connectivity index (χ2n) is 4.34. The van der Waals surface area contributed by atoms with Gasteiger partial charge in [-0.05, 0) is 34.1 Å². The van der Waals surface area contributed by atoms with Crippen molar-refractivity contribution in [2.75, 3.05) is 14.1 Å². The molecule has 0 unspecified atom stereocenters. The molecule has 2 N–H and O–H groups in total. The summed E-state index contributed by atoms with van der Waals surface area (Å²) in [6.45, 7) is 0. The van der Waals surface area contributed by atoms with Crippen LogP contribution in [-0.4, -0.2) is 39.7 Å². The molecule has 1 aromatic heterocycles. The minimum Gasteiger partial charge on any atom is -0.389 e. The molecule has 0 radical (unpaired) electrons. The number of halogens is 1. The zero-order valence-electron chi connectivity index (χ0n) is 11.0. The van der Waals surface area contributed by atoms with E-state index in [2.05, 4.69) is 21.0 Å². The van der Waals surface area contributed by atoms with Gasteiger partial charge in [-0.1, -0.05) is 18.3 Å². The molecule has 1 aromatic carbocycles. The molecule has 104 valence electrons. The van der Waals surface area contributed by atoms with E-state index >= 15 is 0 Å². The Morgan fingerprint density at radius 2 is 2.10 bits per heavy atom. The summed E-state index contributed by atoms with van der Waals surface area (Å²) in [5.41, 5.74) is 7.53. The SMILES string of the molecule is CN(C)C(=O)c1ccn(-c2cccc(Br)c2C(N)=S)n1. The van der Waals surface area contributed by atoms with Gasteiger partial charge in [0.2, 0.25) is 0 Å². The van der Waals surface area contributed by atoms with Crippen molar-refractivity contribution in [3.63, 3.8) is 0 Å². The lowest BCUT2D eigenvalue weighted by Crippen LogP contribution is -2.22. The Morgan fingerprint density at radius 3 is 2.70 bits per heavy atom. The molecule has 1 heterocycles. The second kappa shape index (κ2) is 5.72. The van der Waals surface area contributed by atoms with Crippen LogP contribution in [0.5, 0.6) is 0 Å². The summed E-state index contributed by atoms with van der Waals surface area (Å²) in [5.74, 6) is -0.157. The highest BCUT2D eigenvalue weighted by Gasteiger charge is 2.15. The summed E-state index contributed by atoms with van der Waals surface area (Å²) in [7, 11) is 3.36. The number of thiocarbonyl (C=S) groups is 1. The molecule has 20 heavy (non-hydrogen) atoms. The van der Waals surface area contributed by atoms with Crippen LogP contribution in [0.1, 0.15) is 16.1 Å². The molecule has 5 nitrogen and oxygen atoms in total. The van der Waals surface area contributed by atoms with E-state index in [4.69, 9.17) is 18.0 Å². The fraction of sp³-hybridized carbons (Fsp3) is 0.154. The predicted molar refractivity (Wildman–Crippen MR) is 85.2 cm³/mol. The summed E-state index contributed by atoms with van der Waals surface area (Å²) in [6, 6.07) is 7.21. The van der Waals surface area contributed by atoms with Gasteiger partial charge in [-0.3, -0.25) is 4.79 Å². The number of carbonyl (C=O) groups excluding carboxylic acids is 1. The van der Waals surface area contributed by atoms with E-state index in [-0.39, 0.29) is 10.9 Å². The van der Waals surface area contributed by atoms with Crippen LogP contribution in [0, 0.1) is 0 Å². The summed E-state index contributed by atoms with van der Waals surface area (Å²) >= 11 is 8.49. The number of nitrogens with zero attached hydrogens (tertiary/aromatic N) is 3. The van der Waals surface area contributed by atoms with Crippen molar-refractivity contribution < 1.29 is 4.79 Å². The summed E-state index contributed by atoms with van der Waals surface area (Å²) in [6.07, 6.45) is 1.71. The van der Waals surface area contributed by atoms with Crippen LogP contribution in [0.2, 0.25) is 0 Å². The highest BCUT2D eigenvalue weighted by atomic mass is 79.9. The van der Waals surface area contributed by atoms with Crippen molar-refractivity contribution in [3.05, 3.63) is 46.2 Å². The molecule has 0 fully saturated rings. The zero-order chi connectivity index (χ0) is 14.9. The largest absolute Gasteiger partial charge is 0.389 e. The summed E-state index contributed by atoms with van der Waals surface area (Å²) in [5, 5.41) is 4.28. The van der Waals surface area contributed by atoms with Crippen LogP contribution < -0.4 is 5.73 Å². The van der Waals surface area contributed by atoms with E-state index in [0.29, 0.717) is 11.3 Å². The Bertz CT molecular complexity index is 681. The average Bonchev–Trinajstić information content (AvgIpc) is 2.86. The van der Waals surface area contributed by atoms with Crippen LogP contribution in [0.25, 0.3) is 5.69 Å². The van der Waals surface area contributed by atoms with Crippen LogP contribution >= 0.6 is 28.1 Å². The van der Waals surface area contributed by atoms with Gasteiger partial charge in [-0.15, -0.1) is 0 Å². The van der Waals surface area contributed by atoms with Crippen molar-refractivity contribution in [1.29, 1.82) is 0 Å². The number of amides is 1. The van der Waals surface area contributed by atoms with Crippen molar-refractivity contribution in [2.24, 2.45) is 5.73 Å². The van der Waals surface area contributed by atoms with E-state index in [1.807, 2.05) is 18.2 Å². The van der Waals surface area contributed by atoms with Gasteiger partial charge in [0.25, 0.3) is 5.91 Å². The Hall–Kier alpha value is -1.73. The Balaban J connectivity index is 2.51. The third-order valence-corrected chi connectivity index (χ3v) is 3.56. The number of rotatable bonds is 3. The Labute approximate surface area is 130 Å². The minimum absolute atomic E-state index is 0.157.